The van der Waals surface area contributed by atoms with Crippen LogP contribution in [-0.2, 0) is 13.0 Å². The van der Waals surface area contributed by atoms with E-state index in [1.807, 2.05) is 31.2 Å². The summed E-state index contributed by atoms with van der Waals surface area (Å²) in [6, 6.07) is 17.2. The van der Waals surface area contributed by atoms with Crippen LogP contribution in [0.15, 0.2) is 48.5 Å². The summed E-state index contributed by atoms with van der Waals surface area (Å²) in [5.74, 6) is 0.892. The maximum absolute atomic E-state index is 4.74. The predicted molar refractivity (Wildman–Crippen MR) is 103 cm³/mol. The molecule has 1 unspecified atom stereocenters. The number of aryl methyl sites for hydroxylation is 1. The Morgan fingerprint density at radius 3 is 2.48 bits per heavy atom. The third-order valence-corrected chi connectivity index (χ3v) is 5.09. The number of anilines is 1. The average Bonchev–Trinajstić information content (AvgIpc) is 2.65. The molecule has 0 spiro atoms. The summed E-state index contributed by atoms with van der Waals surface area (Å²) in [6.45, 7) is 7.31. The minimum atomic E-state index is 0.445. The molecule has 128 valence electrons. The van der Waals surface area contributed by atoms with Crippen molar-refractivity contribution < 1.29 is 0 Å². The third kappa shape index (κ3) is 3.35. The first-order valence-corrected chi connectivity index (χ1v) is 8.99. The highest BCUT2D eigenvalue weighted by atomic mass is 15.2. The molecule has 0 aliphatic carbocycles. The van der Waals surface area contributed by atoms with Gasteiger partial charge in [-0.1, -0.05) is 36.4 Å². The van der Waals surface area contributed by atoms with Gasteiger partial charge in [0, 0.05) is 25.7 Å². The summed E-state index contributed by atoms with van der Waals surface area (Å²) in [6.07, 6.45) is 1.13. The highest BCUT2D eigenvalue weighted by Crippen LogP contribution is 2.21. The monoisotopic (exact) mass is 332 g/mol. The second kappa shape index (κ2) is 6.81. The lowest BCUT2D eigenvalue weighted by atomic mass is 9.99. The molecular weight excluding hydrogens is 308 g/mol. The van der Waals surface area contributed by atoms with Crippen molar-refractivity contribution in [2.45, 2.75) is 32.9 Å². The van der Waals surface area contributed by atoms with E-state index in [1.165, 1.54) is 11.1 Å². The molecule has 4 nitrogen and oxygen atoms in total. The number of rotatable bonds is 4. The largest absolute Gasteiger partial charge is 0.367 e. The van der Waals surface area contributed by atoms with E-state index >= 15 is 0 Å². The quantitative estimate of drug-likeness (QED) is 0.789. The fourth-order valence-corrected chi connectivity index (χ4v) is 3.52. The molecule has 3 aromatic rings. The number of fused-ring (bicyclic) bond motifs is 2. The predicted octanol–water partition coefficient (Wildman–Crippen LogP) is 3.80. The second-order valence-corrected chi connectivity index (χ2v) is 6.87. The van der Waals surface area contributed by atoms with Gasteiger partial charge in [0.2, 0.25) is 0 Å². The number of aromatic nitrogens is 2. The molecule has 2 aromatic carbocycles. The van der Waals surface area contributed by atoms with E-state index in [0.717, 1.165) is 48.6 Å². The van der Waals surface area contributed by atoms with Crippen molar-refractivity contribution in [1.29, 1.82) is 0 Å². The van der Waals surface area contributed by atoms with Crippen LogP contribution in [0, 0.1) is 6.92 Å². The fraction of sp³-hybridized carbons (Fsp3) is 0.333. The van der Waals surface area contributed by atoms with Crippen LogP contribution in [0.1, 0.15) is 23.7 Å². The standard InChI is InChI=1S/C21H24N4/c1-15(25-12-11-17-7-3-4-8-18(17)14-25)13-22-21-16(2)23-19-9-5-6-10-20(19)24-21/h3-10,15H,11-14H2,1-2H3,(H,22,24). The lowest BCUT2D eigenvalue weighted by Gasteiger charge is -2.34. The molecule has 0 saturated heterocycles. The Balaban J connectivity index is 1.44. The van der Waals surface area contributed by atoms with Gasteiger partial charge in [-0.25, -0.2) is 9.97 Å². The molecule has 25 heavy (non-hydrogen) atoms. The lowest BCUT2D eigenvalue weighted by Crippen LogP contribution is -2.41. The lowest BCUT2D eigenvalue weighted by molar-refractivity contribution is 0.198. The Labute approximate surface area is 148 Å². The summed E-state index contributed by atoms with van der Waals surface area (Å²) in [5, 5.41) is 3.51. The Morgan fingerprint density at radius 2 is 1.68 bits per heavy atom. The summed E-state index contributed by atoms with van der Waals surface area (Å²) in [4.78, 5) is 11.9. The highest BCUT2D eigenvalue weighted by molar-refractivity contribution is 5.76. The van der Waals surface area contributed by atoms with Crippen LogP contribution in [-0.4, -0.2) is 34.0 Å². The number of nitrogens with one attached hydrogen (secondary N) is 1. The number of hydrogen-bond acceptors (Lipinski definition) is 4. The van der Waals surface area contributed by atoms with Gasteiger partial charge in [-0.2, -0.15) is 0 Å². The molecule has 0 fully saturated rings. The van der Waals surface area contributed by atoms with Gasteiger partial charge in [-0.3, -0.25) is 4.90 Å². The van der Waals surface area contributed by atoms with Crippen molar-refractivity contribution in [3.63, 3.8) is 0 Å². The summed E-state index contributed by atoms with van der Waals surface area (Å²) in [7, 11) is 0. The summed E-state index contributed by atoms with van der Waals surface area (Å²) in [5.41, 5.74) is 5.80. The zero-order chi connectivity index (χ0) is 17.2. The van der Waals surface area contributed by atoms with Crippen molar-refractivity contribution in [3.8, 4) is 0 Å². The minimum absolute atomic E-state index is 0.445. The molecule has 1 atom stereocenters. The van der Waals surface area contributed by atoms with Crippen LogP contribution in [0.4, 0.5) is 5.82 Å². The fourth-order valence-electron chi connectivity index (χ4n) is 3.52. The Morgan fingerprint density at radius 1 is 1.00 bits per heavy atom. The van der Waals surface area contributed by atoms with Gasteiger partial charge in [0.1, 0.15) is 5.82 Å². The van der Waals surface area contributed by atoms with Crippen molar-refractivity contribution >= 4 is 16.9 Å². The number of nitrogens with zero attached hydrogens (tertiary/aromatic N) is 3. The molecule has 1 N–H and O–H groups in total. The maximum Gasteiger partial charge on any atom is 0.148 e. The molecule has 4 heteroatoms. The van der Waals surface area contributed by atoms with Crippen molar-refractivity contribution in [2.24, 2.45) is 0 Å². The second-order valence-electron chi connectivity index (χ2n) is 6.87. The Bertz CT molecular complexity index is 890. The van der Waals surface area contributed by atoms with E-state index in [0.29, 0.717) is 6.04 Å². The van der Waals surface area contributed by atoms with Gasteiger partial charge < -0.3 is 5.32 Å². The normalized spacial score (nSPS) is 15.8. The molecule has 2 heterocycles. The molecule has 0 amide bonds. The summed E-state index contributed by atoms with van der Waals surface area (Å²) < 4.78 is 0. The van der Waals surface area contributed by atoms with E-state index in [-0.39, 0.29) is 0 Å². The Kier molecular flexibility index (Phi) is 4.36. The molecular formula is C21H24N4. The van der Waals surface area contributed by atoms with Crippen LogP contribution < -0.4 is 5.32 Å². The first-order chi connectivity index (χ1) is 12.2. The average molecular weight is 332 g/mol. The molecule has 4 rings (SSSR count). The van der Waals surface area contributed by atoms with Crippen LogP contribution in [0.3, 0.4) is 0 Å². The molecule has 0 saturated carbocycles. The van der Waals surface area contributed by atoms with Crippen molar-refractivity contribution in [3.05, 3.63) is 65.4 Å². The highest BCUT2D eigenvalue weighted by Gasteiger charge is 2.20. The SMILES string of the molecule is Cc1nc2ccccc2nc1NCC(C)N1CCc2ccccc2C1. The van der Waals surface area contributed by atoms with Gasteiger partial charge in [0.15, 0.2) is 0 Å². The topological polar surface area (TPSA) is 41.1 Å². The van der Waals surface area contributed by atoms with Gasteiger partial charge in [0.25, 0.3) is 0 Å². The smallest absolute Gasteiger partial charge is 0.148 e. The van der Waals surface area contributed by atoms with Crippen LogP contribution in [0.25, 0.3) is 11.0 Å². The van der Waals surface area contributed by atoms with Gasteiger partial charge in [-0.15, -0.1) is 0 Å². The summed E-state index contributed by atoms with van der Waals surface area (Å²) >= 11 is 0. The first kappa shape index (κ1) is 16.0. The van der Waals surface area contributed by atoms with E-state index in [4.69, 9.17) is 4.98 Å². The molecule has 1 aliphatic rings. The van der Waals surface area contributed by atoms with E-state index in [1.54, 1.807) is 0 Å². The van der Waals surface area contributed by atoms with Crippen molar-refractivity contribution in [2.75, 3.05) is 18.4 Å². The zero-order valence-corrected chi connectivity index (χ0v) is 14.9. The van der Waals surface area contributed by atoms with Crippen molar-refractivity contribution in [1.82, 2.24) is 14.9 Å². The van der Waals surface area contributed by atoms with E-state index in [2.05, 4.69) is 46.4 Å². The van der Waals surface area contributed by atoms with Gasteiger partial charge in [-0.05, 0) is 43.5 Å². The Hall–Kier alpha value is -2.46. The minimum Gasteiger partial charge on any atom is -0.367 e. The van der Waals surface area contributed by atoms with E-state index < -0.39 is 0 Å². The van der Waals surface area contributed by atoms with E-state index in [9.17, 15) is 0 Å². The third-order valence-electron chi connectivity index (χ3n) is 5.09. The number of hydrogen-bond donors (Lipinski definition) is 1. The number of para-hydroxylation sites is 2. The zero-order valence-electron chi connectivity index (χ0n) is 14.9. The van der Waals surface area contributed by atoms with Crippen LogP contribution >= 0.6 is 0 Å². The molecule has 0 bridgehead atoms. The van der Waals surface area contributed by atoms with Crippen LogP contribution in [0.5, 0.6) is 0 Å². The molecule has 1 aromatic heterocycles. The molecule has 1 aliphatic heterocycles. The number of benzene rings is 2. The van der Waals surface area contributed by atoms with Crippen LogP contribution in [0.2, 0.25) is 0 Å². The molecule has 0 radical (unpaired) electrons. The maximum atomic E-state index is 4.74. The first-order valence-electron chi connectivity index (χ1n) is 8.99. The van der Waals surface area contributed by atoms with Gasteiger partial charge in [0.05, 0.1) is 16.7 Å². The van der Waals surface area contributed by atoms with Gasteiger partial charge >= 0.3 is 0 Å².